The van der Waals surface area contributed by atoms with Crippen molar-refractivity contribution in [2.75, 3.05) is 0 Å². The molecule has 0 radical (unpaired) electrons. The first kappa shape index (κ1) is 10.1. The third-order valence-corrected chi connectivity index (χ3v) is 2.37. The molecule has 0 amide bonds. The number of H-pyrrole nitrogens is 2. The van der Waals surface area contributed by atoms with Crippen LogP contribution in [0.15, 0.2) is 4.79 Å². The number of aryl methyl sites for hydroxylation is 1. The molecule has 0 aliphatic heterocycles. The Labute approximate surface area is 78.5 Å². The van der Waals surface area contributed by atoms with Gasteiger partial charge >= 0.3 is 0 Å². The van der Waals surface area contributed by atoms with Crippen LogP contribution < -0.4 is 5.56 Å². The minimum atomic E-state index is 0.0500. The molecule has 1 heterocycles. The van der Waals surface area contributed by atoms with E-state index in [2.05, 4.69) is 17.1 Å². The average molecular weight is 182 g/mol. The first-order valence-electron chi connectivity index (χ1n) is 5.01. The van der Waals surface area contributed by atoms with Crippen LogP contribution in [0.2, 0.25) is 0 Å². The van der Waals surface area contributed by atoms with E-state index in [9.17, 15) is 4.79 Å². The average Bonchev–Trinajstić information content (AvgIpc) is 2.42. The van der Waals surface area contributed by atoms with E-state index in [0.717, 1.165) is 24.1 Å². The summed E-state index contributed by atoms with van der Waals surface area (Å²) in [4.78, 5) is 11.2. The normalized spacial score (nSPS) is 10.6. The number of aromatic amines is 2. The Balaban J connectivity index is 2.40. The zero-order valence-electron chi connectivity index (χ0n) is 8.44. The van der Waals surface area contributed by atoms with Crippen molar-refractivity contribution in [1.82, 2.24) is 10.2 Å². The van der Waals surface area contributed by atoms with Crippen LogP contribution in [0.1, 0.15) is 43.9 Å². The lowest BCUT2D eigenvalue weighted by Gasteiger charge is -1.97. The van der Waals surface area contributed by atoms with Gasteiger partial charge in [-0.1, -0.05) is 26.2 Å². The van der Waals surface area contributed by atoms with Gasteiger partial charge in [-0.05, 0) is 19.8 Å². The third-order valence-electron chi connectivity index (χ3n) is 2.37. The van der Waals surface area contributed by atoms with Crippen LogP contribution >= 0.6 is 0 Å². The second-order valence-corrected chi connectivity index (χ2v) is 3.49. The highest BCUT2D eigenvalue weighted by Gasteiger charge is 2.04. The Bertz CT molecular complexity index is 298. The van der Waals surface area contributed by atoms with Gasteiger partial charge < -0.3 is 5.10 Å². The summed E-state index contributed by atoms with van der Waals surface area (Å²) >= 11 is 0. The minimum absolute atomic E-state index is 0.0500. The highest BCUT2D eigenvalue weighted by atomic mass is 16.1. The molecule has 74 valence electrons. The van der Waals surface area contributed by atoms with Gasteiger partial charge in [-0.3, -0.25) is 9.89 Å². The van der Waals surface area contributed by atoms with Gasteiger partial charge in [-0.2, -0.15) is 0 Å². The van der Waals surface area contributed by atoms with Crippen molar-refractivity contribution in [3.8, 4) is 0 Å². The van der Waals surface area contributed by atoms with Crippen molar-refractivity contribution in [3.63, 3.8) is 0 Å². The molecule has 0 fully saturated rings. The van der Waals surface area contributed by atoms with Gasteiger partial charge in [0, 0.05) is 11.3 Å². The van der Waals surface area contributed by atoms with Gasteiger partial charge in [0.25, 0.3) is 5.56 Å². The molecule has 0 aromatic carbocycles. The van der Waals surface area contributed by atoms with Crippen molar-refractivity contribution in [2.45, 2.75) is 46.0 Å². The molecule has 0 aliphatic rings. The monoisotopic (exact) mass is 182 g/mol. The SMILES string of the molecule is CCCCCCc1c(C)[nH][nH]c1=O. The van der Waals surface area contributed by atoms with Crippen molar-refractivity contribution >= 4 is 0 Å². The summed E-state index contributed by atoms with van der Waals surface area (Å²) < 4.78 is 0. The van der Waals surface area contributed by atoms with Crippen molar-refractivity contribution in [3.05, 3.63) is 21.6 Å². The fourth-order valence-electron chi connectivity index (χ4n) is 1.50. The van der Waals surface area contributed by atoms with Crippen LogP contribution in [0.25, 0.3) is 0 Å². The van der Waals surface area contributed by atoms with Gasteiger partial charge in [0.2, 0.25) is 0 Å². The zero-order valence-corrected chi connectivity index (χ0v) is 8.44. The maximum atomic E-state index is 11.2. The van der Waals surface area contributed by atoms with Gasteiger partial charge in [0.1, 0.15) is 0 Å². The second-order valence-electron chi connectivity index (χ2n) is 3.49. The molecule has 1 aromatic rings. The van der Waals surface area contributed by atoms with Crippen LogP contribution in [0, 0.1) is 6.92 Å². The van der Waals surface area contributed by atoms with Crippen molar-refractivity contribution in [2.24, 2.45) is 0 Å². The van der Waals surface area contributed by atoms with E-state index in [-0.39, 0.29) is 5.56 Å². The quantitative estimate of drug-likeness (QED) is 0.673. The first-order chi connectivity index (χ1) is 6.25. The topological polar surface area (TPSA) is 48.6 Å². The molecule has 2 N–H and O–H groups in total. The Morgan fingerprint density at radius 3 is 2.46 bits per heavy atom. The molecule has 13 heavy (non-hydrogen) atoms. The van der Waals surface area contributed by atoms with Gasteiger partial charge in [-0.15, -0.1) is 0 Å². The second kappa shape index (κ2) is 4.90. The third kappa shape index (κ3) is 2.76. The van der Waals surface area contributed by atoms with Crippen LogP contribution in [-0.4, -0.2) is 10.2 Å². The minimum Gasteiger partial charge on any atom is -0.302 e. The lowest BCUT2D eigenvalue weighted by molar-refractivity contribution is 0.664. The highest BCUT2D eigenvalue weighted by Crippen LogP contribution is 2.06. The van der Waals surface area contributed by atoms with E-state index in [1.165, 1.54) is 19.3 Å². The Hall–Kier alpha value is -0.990. The summed E-state index contributed by atoms with van der Waals surface area (Å²) in [5.74, 6) is 0. The van der Waals surface area contributed by atoms with E-state index in [1.54, 1.807) is 0 Å². The van der Waals surface area contributed by atoms with Gasteiger partial charge in [0.15, 0.2) is 0 Å². The van der Waals surface area contributed by atoms with E-state index in [0.29, 0.717) is 0 Å². The molecule has 0 aliphatic carbocycles. The Morgan fingerprint density at radius 1 is 1.15 bits per heavy atom. The number of hydrogen-bond acceptors (Lipinski definition) is 1. The maximum absolute atomic E-state index is 11.2. The zero-order chi connectivity index (χ0) is 9.68. The molecule has 0 saturated carbocycles. The lowest BCUT2D eigenvalue weighted by atomic mass is 10.1. The molecule has 0 spiro atoms. The summed E-state index contributed by atoms with van der Waals surface area (Å²) in [5.41, 5.74) is 1.96. The standard InChI is InChI=1S/C10H18N2O/c1-3-4-5-6-7-9-8(2)11-12-10(9)13/h3-7H2,1-2H3,(H2,11,12,13). The van der Waals surface area contributed by atoms with E-state index in [1.807, 2.05) is 6.92 Å². The summed E-state index contributed by atoms with van der Waals surface area (Å²) in [6, 6.07) is 0. The molecule has 0 saturated heterocycles. The van der Waals surface area contributed by atoms with E-state index in [4.69, 9.17) is 0 Å². The predicted octanol–water partition coefficient (Wildman–Crippen LogP) is 2.13. The summed E-state index contributed by atoms with van der Waals surface area (Å²) in [6.45, 7) is 4.13. The molecule has 3 heteroatoms. The first-order valence-corrected chi connectivity index (χ1v) is 5.01. The molecule has 1 rings (SSSR count). The number of hydrogen-bond donors (Lipinski definition) is 2. The number of nitrogens with one attached hydrogen (secondary N) is 2. The summed E-state index contributed by atoms with van der Waals surface area (Å²) in [6.07, 6.45) is 5.75. The summed E-state index contributed by atoms with van der Waals surface area (Å²) in [5, 5.41) is 5.44. The van der Waals surface area contributed by atoms with Crippen LogP contribution in [-0.2, 0) is 6.42 Å². The lowest BCUT2D eigenvalue weighted by Crippen LogP contribution is -2.06. The maximum Gasteiger partial charge on any atom is 0.267 e. The molecular formula is C10H18N2O. The molecule has 3 nitrogen and oxygen atoms in total. The fraction of sp³-hybridized carbons (Fsp3) is 0.700. The molecular weight excluding hydrogens is 164 g/mol. The van der Waals surface area contributed by atoms with Crippen LogP contribution in [0.4, 0.5) is 0 Å². The Kier molecular flexibility index (Phi) is 3.80. The van der Waals surface area contributed by atoms with Gasteiger partial charge in [0.05, 0.1) is 0 Å². The van der Waals surface area contributed by atoms with Crippen LogP contribution in [0.5, 0.6) is 0 Å². The van der Waals surface area contributed by atoms with Crippen LogP contribution in [0.3, 0.4) is 0 Å². The largest absolute Gasteiger partial charge is 0.302 e. The number of rotatable bonds is 5. The Morgan fingerprint density at radius 2 is 1.92 bits per heavy atom. The van der Waals surface area contributed by atoms with Gasteiger partial charge in [-0.25, -0.2) is 0 Å². The molecule has 0 bridgehead atoms. The molecule has 1 aromatic heterocycles. The summed E-state index contributed by atoms with van der Waals surface area (Å²) in [7, 11) is 0. The van der Waals surface area contributed by atoms with Crippen molar-refractivity contribution < 1.29 is 0 Å². The van der Waals surface area contributed by atoms with Crippen molar-refractivity contribution in [1.29, 1.82) is 0 Å². The molecule has 0 atom stereocenters. The predicted molar refractivity (Wildman–Crippen MR) is 54.0 cm³/mol. The van der Waals surface area contributed by atoms with E-state index < -0.39 is 0 Å². The fourth-order valence-corrected chi connectivity index (χ4v) is 1.50. The molecule has 0 unspecified atom stereocenters. The number of unbranched alkanes of at least 4 members (excludes halogenated alkanes) is 3. The van der Waals surface area contributed by atoms with E-state index >= 15 is 0 Å². The highest BCUT2D eigenvalue weighted by molar-refractivity contribution is 5.14. The number of aromatic nitrogens is 2. The smallest absolute Gasteiger partial charge is 0.267 e.